The Kier molecular flexibility index (Phi) is 68.1. The van der Waals surface area contributed by atoms with Gasteiger partial charge in [-0.1, -0.05) is 322 Å². The minimum Gasteiger partial charge on any atom is -0.477 e. The number of ether oxygens (including phenoxy) is 4. The van der Waals surface area contributed by atoms with Crippen molar-refractivity contribution in [3.8, 4) is 0 Å². The largest absolute Gasteiger partial charge is 0.477 e. The predicted molar refractivity (Wildman–Crippen MR) is 391 cm³/mol. The topological polar surface area (TPSA) is 108 Å². The van der Waals surface area contributed by atoms with E-state index in [4.69, 9.17) is 18.9 Å². The number of esters is 2. The molecule has 0 aromatic heterocycles. The average molecular weight is 1270 g/mol. The quantitative estimate of drug-likeness (QED) is 0.0211. The number of hydrogen-bond acceptors (Lipinski definition) is 7. The Morgan fingerprint density at radius 3 is 0.934 bits per heavy atom. The van der Waals surface area contributed by atoms with Crippen molar-refractivity contribution in [1.29, 1.82) is 0 Å². The number of rotatable bonds is 69. The molecular weight excluding hydrogens is 1130 g/mol. The van der Waals surface area contributed by atoms with Gasteiger partial charge in [0.15, 0.2) is 6.10 Å². The molecule has 0 heterocycles. The van der Waals surface area contributed by atoms with Crippen LogP contribution in [-0.4, -0.2) is 87.4 Å². The molecule has 0 rings (SSSR count). The normalized spacial score (nSPS) is 13.4. The van der Waals surface area contributed by atoms with Crippen molar-refractivity contribution in [2.24, 2.45) is 0 Å². The molecule has 0 aliphatic carbocycles. The summed E-state index contributed by atoms with van der Waals surface area (Å²) in [6, 6.07) is 0. The van der Waals surface area contributed by atoms with Gasteiger partial charge >= 0.3 is 17.9 Å². The summed E-state index contributed by atoms with van der Waals surface area (Å²) in [6.45, 7) is 4.78. The molecule has 1 N–H and O–H groups in total. The van der Waals surface area contributed by atoms with Crippen molar-refractivity contribution < 1.29 is 42.9 Å². The van der Waals surface area contributed by atoms with E-state index in [2.05, 4.69) is 135 Å². The fraction of sp³-hybridized carbons (Fsp3) is 0.720. The Labute approximate surface area is 561 Å². The van der Waals surface area contributed by atoms with Gasteiger partial charge in [-0.2, -0.15) is 0 Å². The molecule has 0 aromatic rings. The first-order valence-corrected chi connectivity index (χ1v) is 37.7. The maximum atomic E-state index is 13.0. The number of carbonyl (C=O) groups excluding carboxylic acids is 2. The number of aliphatic carboxylic acids is 1. The summed E-state index contributed by atoms with van der Waals surface area (Å²) >= 11 is 0. The molecule has 2 unspecified atom stereocenters. The summed E-state index contributed by atoms with van der Waals surface area (Å²) in [5, 5.41) is 9.76. The number of carboxylic acids is 1. The smallest absolute Gasteiger partial charge is 0.361 e. The molecule has 0 saturated heterocycles. The van der Waals surface area contributed by atoms with E-state index in [0.717, 1.165) is 96.3 Å². The van der Waals surface area contributed by atoms with Crippen LogP contribution < -0.4 is 0 Å². The zero-order valence-corrected chi connectivity index (χ0v) is 59.7. The Balaban J connectivity index is 4.08. The van der Waals surface area contributed by atoms with Crippen molar-refractivity contribution in [2.45, 2.75) is 334 Å². The minimum absolute atomic E-state index is 0.184. The molecule has 0 amide bonds. The second kappa shape index (κ2) is 71.5. The summed E-state index contributed by atoms with van der Waals surface area (Å²) in [6.07, 6.45) is 98.9. The Morgan fingerprint density at radius 1 is 0.341 bits per heavy atom. The zero-order valence-electron chi connectivity index (χ0n) is 59.7. The van der Waals surface area contributed by atoms with Gasteiger partial charge < -0.3 is 28.5 Å². The molecule has 2 atom stereocenters. The van der Waals surface area contributed by atoms with Crippen LogP contribution >= 0.6 is 0 Å². The third kappa shape index (κ3) is 73.0. The number of unbranched alkanes of at least 4 members (excludes halogenated alkanes) is 34. The number of quaternary nitrogens is 1. The molecule has 0 aliphatic heterocycles. The number of hydrogen-bond donors (Lipinski definition) is 1. The van der Waals surface area contributed by atoms with Crippen molar-refractivity contribution >= 4 is 17.9 Å². The van der Waals surface area contributed by atoms with Crippen molar-refractivity contribution in [1.82, 2.24) is 0 Å². The van der Waals surface area contributed by atoms with Gasteiger partial charge in [-0.05, 0) is 109 Å². The van der Waals surface area contributed by atoms with Crippen LogP contribution in [-0.2, 0) is 33.3 Å². The molecule has 0 radical (unpaired) electrons. The summed E-state index contributed by atoms with van der Waals surface area (Å²) < 4.78 is 23.0. The second-order valence-corrected chi connectivity index (χ2v) is 26.2. The number of carbonyl (C=O) groups is 3. The van der Waals surface area contributed by atoms with Gasteiger partial charge in [0, 0.05) is 12.8 Å². The van der Waals surface area contributed by atoms with Gasteiger partial charge in [-0.25, -0.2) is 4.79 Å². The van der Waals surface area contributed by atoms with Gasteiger partial charge in [0.25, 0.3) is 6.29 Å². The van der Waals surface area contributed by atoms with E-state index in [0.29, 0.717) is 17.4 Å². The van der Waals surface area contributed by atoms with E-state index in [-0.39, 0.29) is 32.2 Å². The summed E-state index contributed by atoms with van der Waals surface area (Å²) in [7, 11) is 5.98. The summed E-state index contributed by atoms with van der Waals surface area (Å²) in [4.78, 5) is 37.7. The molecule has 0 spiro atoms. The van der Waals surface area contributed by atoms with Crippen LogP contribution in [0, 0.1) is 0 Å². The third-order valence-electron chi connectivity index (χ3n) is 16.2. The van der Waals surface area contributed by atoms with Gasteiger partial charge in [-0.3, -0.25) is 9.59 Å². The molecule has 0 aliphatic rings. The van der Waals surface area contributed by atoms with Crippen molar-refractivity contribution in [3.05, 3.63) is 122 Å². The highest BCUT2D eigenvalue weighted by molar-refractivity contribution is 5.71. The molecule has 0 bridgehead atoms. The van der Waals surface area contributed by atoms with E-state index < -0.39 is 24.3 Å². The first-order chi connectivity index (χ1) is 44.6. The maximum absolute atomic E-state index is 13.0. The van der Waals surface area contributed by atoms with Crippen molar-refractivity contribution in [3.63, 3.8) is 0 Å². The van der Waals surface area contributed by atoms with Crippen LogP contribution in [0.1, 0.15) is 322 Å². The first kappa shape index (κ1) is 86.7. The lowest BCUT2D eigenvalue weighted by Crippen LogP contribution is -2.40. The van der Waals surface area contributed by atoms with Gasteiger partial charge in [0.2, 0.25) is 0 Å². The minimum atomic E-state index is -1.52. The highest BCUT2D eigenvalue weighted by Crippen LogP contribution is 2.18. The van der Waals surface area contributed by atoms with Crippen molar-refractivity contribution in [2.75, 3.05) is 47.5 Å². The highest BCUT2D eigenvalue weighted by atomic mass is 16.7. The number of likely N-dealkylation sites (N-methyl/N-ethyl adjacent to an activating group) is 1. The standard InChI is InChI=1S/C82H141NO8/c1-6-8-10-12-14-16-18-20-22-24-26-28-30-32-34-36-37-38-39-40-41-42-43-45-47-49-51-53-55-57-59-61-63-65-67-69-71-73-80(85)91-78(77-90-82(81(86)87)88-75-74-83(3,4)5)76-89-79(84)72-70-68-66-64-62-60-58-56-54-52-50-48-46-44-35-33-31-29-27-25-23-21-19-17-15-13-11-9-7-2/h8,10,14,16,19-22,25-28,31-34,37-38,40-41,78,82H,6-7,9,11-13,15,17-18,23-24,29-30,35-36,39,42-77H2,1-5H3/p+1/b10-8-,16-14-,21-19-,22-20-,27-25-,28-26-,33-31-,34-32-,38-37-,41-40-. The van der Waals surface area contributed by atoms with Gasteiger partial charge in [0.1, 0.15) is 13.2 Å². The fourth-order valence-electron chi connectivity index (χ4n) is 10.5. The average Bonchev–Trinajstić information content (AvgIpc) is 3.50. The van der Waals surface area contributed by atoms with Crippen LogP contribution in [0.5, 0.6) is 0 Å². The van der Waals surface area contributed by atoms with E-state index in [1.165, 1.54) is 199 Å². The highest BCUT2D eigenvalue weighted by Gasteiger charge is 2.25. The Morgan fingerprint density at radius 2 is 0.626 bits per heavy atom. The van der Waals surface area contributed by atoms with Gasteiger partial charge in [-0.15, -0.1) is 0 Å². The zero-order chi connectivity index (χ0) is 66.1. The first-order valence-electron chi connectivity index (χ1n) is 37.7. The molecular formula is C82H142NO8+. The van der Waals surface area contributed by atoms with Crippen LogP contribution in [0.4, 0.5) is 0 Å². The predicted octanol–water partition coefficient (Wildman–Crippen LogP) is 23.9. The second-order valence-electron chi connectivity index (χ2n) is 26.2. The molecule has 9 heteroatoms. The molecule has 0 fully saturated rings. The Hall–Kier alpha value is -4.31. The molecule has 522 valence electrons. The number of carboxylic acid groups (broad SMARTS) is 1. The van der Waals surface area contributed by atoms with E-state index in [9.17, 15) is 19.5 Å². The van der Waals surface area contributed by atoms with Crippen LogP contribution in [0.2, 0.25) is 0 Å². The molecule has 91 heavy (non-hydrogen) atoms. The molecule has 9 nitrogen and oxygen atoms in total. The van der Waals surface area contributed by atoms with Crippen LogP contribution in [0.3, 0.4) is 0 Å². The lowest BCUT2D eigenvalue weighted by atomic mass is 10.0. The SMILES string of the molecule is CC/C=C\C/C=C\C/C=C\C/C=C\C/C=C\C/C=C\C/C=C\CCCCCCCCCCCCCCCCCC(=O)OC(COC(=O)CCCCCCCCCCCCCCCC/C=C\C/C=C\C/C=C\CCCCCCC)COC(OCC[N+](C)(C)C)C(=O)O. The van der Waals surface area contributed by atoms with Crippen LogP contribution in [0.15, 0.2) is 122 Å². The molecule has 0 saturated carbocycles. The monoisotopic (exact) mass is 1270 g/mol. The number of allylic oxidation sites excluding steroid dienone is 20. The Bertz CT molecular complexity index is 1910. The summed E-state index contributed by atoms with van der Waals surface area (Å²) in [5.41, 5.74) is 0. The van der Waals surface area contributed by atoms with Gasteiger partial charge in [0.05, 0.1) is 34.4 Å². The van der Waals surface area contributed by atoms with E-state index in [1.807, 2.05) is 21.1 Å². The molecule has 0 aromatic carbocycles. The summed E-state index contributed by atoms with van der Waals surface area (Å²) in [5.74, 6) is -2.00. The van der Waals surface area contributed by atoms with Crippen LogP contribution in [0.25, 0.3) is 0 Å². The lowest BCUT2D eigenvalue weighted by molar-refractivity contribution is -0.870. The fourth-order valence-corrected chi connectivity index (χ4v) is 10.5. The number of nitrogens with zero attached hydrogens (tertiary/aromatic N) is 1. The maximum Gasteiger partial charge on any atom is 0.361 e. The van der Waals surface area contributed by atoms with E-state index >= 15 is 0 Å². The lowest BCUT2D eigenvalue weighted by Gasteiger charge is -2.25. The van der Waals surface area contributed by atoms with E-state index in [1.54, 1.807) is 0 Å². The third-order valence-corrected chi connectivity index (χ3v) is 16.2.